The minimum Gasteiger partial charge on any atom is -0.460 e. The highest BCUT2D eigenvalue weighted by Gasteiger charge is 2.22. The van der Waals surface area contributed by atoms with Crippen molar-refractivity contribution in [2.75, 3.05) is 13.2 Å². The van der Waals surface area contributed by atoms with Crippen LogP contribution in [0.4, 0.5) is 0 Å². The predicted octanol–water partition coefficient (Wildman–Crippen LogP) is 0.112. The summed E-state index contributed by atoms with van der Waals surface area (Å²) in [7, 11) is -4.61. The minimum atomic E-state index is -4.61. The van der Waals surface area contributed by atoms with Crippen molar-refractivity contribution in [3.63, 3.8) is 0 Å². The van der Waals surface area contributed by atoms with Gasteiger partial charge in [0.1, 0.15) is 24.2 Å². The number of hydrogen-bond acceptors (Lipinski definition) is 8. The highest BCUT2D eigenvalue weighted by Crippen LogP contribution is 2.16. The van der Waals surface area contributed by atoms with Gasteiger partial charge in [0, 0.05) is 6.08 Å². The molecule has 0 saturated heterocycles. The molecular weight excluding hydrogens is 332 g/mol. The molecule has 9 nitrogen and oxygen atoms in total. The number of aliphatic hydroxyl groups excluding tert-OH is 1. The van der Waals surface area contributed by atoms with Crippen LogP contribution in [0.25, 0.3) is 0 Å². The van der Waals surface area contributed by atoms with Crippen LogP contribution in [0, 0.1) is 0 Å². The van der Waals surface area contributed by atoms with E-state index >= 15 is 0 Å². The molecule has 23 heavy (non-hydrogen) atoms. The monoisotopic (exact) mass is 346 g/mol. The first-order valence-electron chi connectivity index (χ1n) is 6.13. The highest BCUT2D eigenvalue weighted by molar-refractivity contribution is 7.86. The van der Waals surface area contributed by atoms with E-state index in [4.69, 9.17) is 4.55 Å². The summed E-state index contributed by atoms with van der Waals surface area (Å²) in [6, 6.07) is 4.78. The molecule has 0 aromatic heterocycles. The van der Waals surface area contributed by atoms with Gasteiger partial charge in [0.25, 0.3) is 10.1 Å². The van der Waals surface area contributed by atoms with E-state index in [0.717, 1.165) is 18.2 Å². The molecule has 0 amide bonds. The van der Waals surface area contributed by atoms with E-state index < -0.39 is 51.8 Å². The third-order valence-electron chi connectivity index (χ3n) is 2.36. The van der Waals surface area contributed by atoms with Crippen LogP contribution in [-0.4, -0.2) is 49.3 Å². The van der Waals surface area contributed by atoms with E-state index in [9.17, 15) is 23.1 Å². The zero-order valence-corrected chi connectivity index (χ0v) is 12.6. The summed E-state index contributed by atoms with van der Waals surface area (Å²) in [6.07, 6.45) is -0.372. The van der Waals surface area contributed by atoms with E-state index in [1.807, 2.05) is 0 Å². The Morgan fingerprint density at radius 2 is 1.91 bits per heavy atom. The lowest BCUT2D eigenvalue weighted by molar-refractivity contribution is -0.256. The summed E-state index contributed by atoms with van der Waals surface area (Å²) < 4.78 is 35.8. The molecule has 1 rings (SSSR count). The maximum absolute atomic E-state index is 11.7. The number of hydrogen-bond donors (Lipinski definition) is 2. The molecule has 126 valence electrons. The smallest absolute Gasteiger partial charge is 0.374 e. The number of ether oxygens (including phenoxy) is 1. The molecule has 0 radical (unpaired) electrons. The van der Waals surface area contributed by atoms with Gasteiger partial charge in [-0.1, -0.05) is 18.7 Å². The number of rotatable bonds is 8. The van der Waals surface area contributed by atoms with Crippen molar-refractivity contribution in [2.24, 2.45) is 0 Å². The lowest BCUT2D eigenvalue weighted by Gasteiger charge is -2.10. The van der Waals surface area contributed by atoms with E-state index in [-0.39, 0.29) is 0 Å². The second-order valence-corrected chi connectivity index (χ2v) is 5.50. The Balaban J connectivity index is 2.55. The molecule has 0 heterocycles. The van der Waals surface area contributed by atoms with Gasteiger partial charge in [-0.15, -0.1) is 0 Å². The Bertz CT molecular complexity index is 680. The molecule has 2 N–H and O–H groups in total. The summed E-state index contributed by atoms with van der Waals surface area (Å²) in [5.74, 6) is -1.93. The van der Waals surface area contributed by atoms with Gasteiger partial charge in [0.2, 0.25) is 0 Å². The standard InChI is InChI=1S/C13H14O9S/c1-2-12(15)20-7-9(14)8-21-22-13(16)10-5-3-4-6-11(10)23(17,18)19/h2-6,9,14H,1,7-8H2,(H,17,18,19). The Kier molecular flexibility index (Phi) is 6.85. The number of carbonyl (C=O) groups excluding carboxylic acids is 2. The van der Waals surface area contributed by atoms with E-state index in [0.29, 0.717) is 0 Å². The van der Waals surface area contributed by atoms with Gasteiger partial charge in [0.15, 0.2) is 0 Å². The fourth-order valence-corrected chi connectivity index (χ4v) is 2.04. The molecule has 1 unspecified atom stereocenters. The Hall–Kier alpha value is -2.27. The third-order valence-corrected chi connectivity index (χ3v) is 3.28. The quantitative estimate of drug-likeness (QED) is 0.221. The Morgan fingerprint density at radius 1 is 1.26 bits per heavy atom. The van der Waals surface area contributed by atoms with Gasteiger partial charge in [-0.2, -0.15) is 13.3 Å². The Morgan fingerprint density at radius 3 is 2.52 bits per heavy atom. The number of aliphatic hydroxyl groups is 1. The SMILES string of the molecule is C=CC(=O)OCC(O)COOC(=O)c1ccccc1S(=O)(=O)O. The van der Waals surface area contributed by atoms with Crippen molar-refractivity contribution in [2.45, 2.75) is 11.0 Å². The molecule has 0 fully saturated rings. The van der Waals surface area contributed by atoms with Gasteiger partial charge >= 0.3 is 11.9 Å². The van der Waals surface area contributed by atoms with Crippen LogP contribution in [0.15, 0.2) is 41.8 Å². The summed E-state index contributed by atoms with van der Waals surface area (Å²) >= 11 is 0. The van der Waals surface area contributed by atoms with E-state index in [1.54, 1.807) is 0 Å². The molecule has 0 aliphatic heterocycles. The van der Waals surface area contributed by atoms with Gasteiger partial charge in [-0.25, -0.2) is 9.59 Å². The molecule has 0 aliphatic rings. The van der Waals surface area contributed by atoms with Crippen LogP contribution in [0.5, 0.6) is 0 Å². The zero-order valence-electron chi connectivity index (χ0n) is 11.7. The number of benzene rings is 1. The first-order valence-corrected chi connectivity index (χ1v) is 7.57. The lowest BCUT2D eigenvalue weighted by atomic mass is 10.2. The molecule has 0 spiro atoms. The molecule has 0 saturated carbocycles. The predicted molar refractivity (Wildman–Crippen MR) is 74.8 cm³/mol. The van der Waals surface area contributed by atoms with Crippen LogP contribution in [-0.2, 0) is 29.4 Å². The summed E-state index contributed by atoms with van der Waals surface area (Å²) in [6.45, 7) is 2.22. The maximum atomic E-state index is 11.7. The van der Waals surface area contributed by atoms with Crippen molar-refractivity contribution >= 4 is 22.1 Å². The van der Waals surface area contributed by atoms with E-state index in [2.05, 4.69) is 21.1 Å². The van der Waals surface area contributed by atoms with Crippen LogP contribution in [0.2, 0.25) is 0 Å². The van der Waals surface area contributed by atoms with Crippen LogP contribution >= 0.6 is 0 Å². The van der Waals surface area contributed by atoms with Crippen molar-refractivity contribution in [3.05, 3.63) is 42.5 Å². The van der Waals surface area contributed by atoms with Crippen LogP contribution in [0.1, 0.15) is 10.4 Å². The average Bonchev–Trinajstić information content (AvgIpc) is 2.51. The van der Waals surface area contributed by atoms with Crippen molar-refractivity contribution in [1.82, 2.24) is 0 Å². The van der Waals surface area contributed by atoms with Gasteiger partial charge in [-0.3, -0.25) is 9.44 Å². The largest absolute Gasteiger partial charge is 0.460 e. The second kappa shape index (κ2) is 8.39. The molecular formula is C13H14O9S. The third kappa shape index (κ3) is 6.16. The zero-order chi connectivity index (χ0) is 17.5. The normalized spacial score (nSPS) is 12.3. The minimum absolute atomic E-state index is 0.413. The molecule has 0 bridgehead atoms. The summed E-state index contributed by atoms with van der Waals surface area (Å²) in [4.78, 5) is 30.6. The number of carbonyl (C=O) groups is 2. The topological polar surface area (TPSA) is 136 Å². The summed E-state index contributed by atoms with van der Waals surface area (Å²) in [5, 5.41) is 9.40. The fraction of sp³-hybridized carbons (Fsp3) is 0.231. The van der Waals surface area contributed by atoms with Gasteiger partial charge in [-0.05, 0) is 12.1 Å². The number of esters is 1. The van der Waals surface area contributed by atoms with Crippen molar-refractivity contribution in [3.8, 4) is 0 Å². The highest BCUT2D eigenvalue weighted by atomic mass is 32.2. The van der Waals surface area contributed by atoms with Gasteiger partial charge < -0.3 is 9.84 Å². The van der Waals surface area contributed by atoms with Crippen LogP contribution < -0.4 is 0 Å². The van der Waals surface area contributed by atoms with E-state index in [1.165, 1.54) is 12.1 Å². The average molecular weight is 346 g/mol. The molecule has 0 aliphatic carbocycles. The summed E-state index contributed by atoms with van der Waals surface area (Å²) in [5.41, 5.74) is -0.442. The van der Waals surface area contributed by atoms with Crippen molar-refractivity contribution in [1.29, 1.82) is 0 Å². The maximum Gasteiger partial charge on any atom is 0.374 e. The van der Waals surface area contributed by atoms with Gasteiger partial charge in [0.05, 0.1) is 5.56 Å². The first kappa shape index (κ1) is 18.8. The molecule has 1 aromatic rings. The second-order valence-electron chi connectivity index (χ2n) is 4.11. The Labute approximate surface area is 131 Å². The molecule has 1 aromatic carbocycles. The van der Waals surface area contributed by atoms with Crippen LogP contribution in [0.3, 0.4) is 0 Å². The molecule has 1 atom stereocenters. The van der Waals surface area contributed by atoms with Crippen molar-refractivity contribution < 1.29 is 42.2 Å². The fourth-order valence-electron chi connectivity index (χ4n) is 1.36. The lowest BCUT2D eigenvalue weighted by Crippen LogP contribution is -2.24. The first-order chi connectivity index (χ1) is 10.8. The molecule has 10 heteroatoms.